The van der Waals surface area contributed by atoms with Gasteiger partial charge in [-0.05, 0) is 60.3 Å². The van der Waals surface area contributed by atoms with E-state index in [9.17, 15) is 0 Å². The number of aliphatic imine (C=N–C) groups is 1. The lowest BCUT2D eigenvalue weighted by atomic mass is 10.0. The molecule has 2 N–H and O–H groups in total. The minimum absolute atomic E-state index is 0. The number of hydrogen-bond acceptors (Lipinski definition) is 3. The second kappa shape index (κ2) is 11.6. The quantitative estimate of drug-likeness (QED) is 0.353. The van der Waals surface area contributed by atoms with Gasteiger partial charge in [-0.25, -0.2) is 4.99 Å². The average Bonchev–Trinajstić information content (AvgIpc) is 2.51. The van der Waals surface area contributed by atoms with Crippen LogP contribution in [0.3, 0.4) is 0 Å². The summed E-state index contributed by atoms with van der Waals surface area (Å²) in [4.78, 5) is 6.92. The van der Waals surface area contributed by atoms with E-state index in [-0.39, 0.29) is 29.5 Å². The summed E-state index contributed by atoms with van der Waals surface area (Å²) in [6.07, 6.45) is 0. The van der Waals surface area contributed by atoms with Gasteiger partial charge in [-0.1, -0.05) is 12.1 Å². The van der Waals surface area contributed by atoms with Crippen molar-refractivity contribution in [2.24, 2.45) is 4.99 Å². The average molecular weight is 462 g/mol. The first-order chi connectivity index (χ1) is 11.3. The van der Waals surface area contributed by atoms with E-state index in [1.165, 1.54) is 5.56 Å². The summed E-state index contributed by atoms with van der Waals surface area (Å²) < 4.78 is 5.74. The second-order valence-corrected chi connectivity index (χ2v) is 6.80. The van der Waals surface area contributed by atoms with Crippen LogP contribution in [0.1, 0.15) is 38.8 Å². The number of aryl methyl sites for hydroxylation is 1. The molecule has 0 amide bonds. The van der Waals surface area contributed by atoms with Gasteiger partial charge in [0.15, 0.2) is 5.96 Å². The number of halogens is 1. The summed E-state index contributed by atoms with van der Waals surface area (Å²) in [5, 5.41) is 6.74. The van der Waals surface area contributed by atoms with Gasteiger partial charge >= 0.3 is 0 Å². The topological polar surface area (TPSA) is 48.9 Å². The highest BCUT2D eigenvalue weighted by Gasteiger charge is 2.20. The van der Waals surface area contributed by atoms with Crippen LogP contribution in [-0.2, 0) is 6.54 Å². The normalized spacial score (nSPS) is 11.9. The highest BCUT2D eigenvalue weighted by atomic mass is 127. The van der Waals surface area contributed by atoms with Gasteiger partial charge < -0.3 is 20.3 Å². The highest BCUT2D eigenvalue weighted by molar-refractivity contribution is 14.0. The van der Waals surface area contributed by atoms with Gasteiger partial charge in [-0.15, -0.1) is 24.0 Å². The second-order valence-electron chi connectivity index (χ2n) is 6.80. The standard InChI is InChI=1S/C19H34N4O.HI/c1-8-20-18(22-14-19(4,5)23(6)7)21-13-16-11-10-15(3)12-17(16)24-9-2;/h10-12H,8-9,13-14H2,1-7H3,(H2,20,21,22);1H. The number of rotatable bonds is 8. The van der Waals surface area contributed by atoms with E-state index in [0.717, 1.165) is 30.4 Å². The lowest BCUT2D eigenvalue weighted by molar-refractivity contribution is 0.197. The van der Waals surface area contributed by atoms with Crippen LogP contribution in [0.4, 0.5) is 0 Å². The number of hydrogen-bond donors (Lipinski definition) is 2. The first kappa shape index (κ1) is 24.0. The summed E-state index contributed by atoms with van der Waals surface area (Å²) in [5.41, 5.74) is 2.35. The van der Waals surface area contributed by atoms with Gasteiger partial charge in [-0.2, -0.15) is 0 Å². The Balaban J connectivity index is 0.00000576. The van der Waals surface area contributed by atoms with Gasteiger partial charge in [0.05, 0.1) is 13.2 Å². The molecule has 144 valence electrons. The van der Waals surface area contributed by atoms with Crippen molar-refractivity contribution >= 4 is 29.9 Å². The van der Waals surface area contributed by atoms with E-state index in [1.54, 1.807) is 0 Å². The van der Waals surface area contributed by atoms with Crippen LogP contribution in [0.15, 0.2) is 23.2 Å². The van der Waals surface area contributed by atoms with Crippen molar-refractivity contribution in [3.8, 4) is 5.75 Å². The molecule has 0 heterocycles. The molecule has 0 spiro atoms. The zero-order valence-electron chi connectivity index (χ0n) is 16.8. The highest BCUT2D eigenvalue weighted by Crippen LogP contribution is 2.21. The van der Waals surface area contributed by atoms with Crippen molar-refractivity contribution in [1.82, 2.24) is 15.5 Å². The van der Waals surface area contributed by atoms with Gasteiger partial charge in [-0.3, -0.25) is 0 Å². The molecule has 0 unspecified atom stereocenters. The van der Waals surface area contributed by atoms with E-state index < -0.39 is 0 Å². The smallest absolute Gasteiger partial charge is 0.191 e. The Morgan fingerprint density at radius 3 is 2.44 bits per heavy atom. The summed E-state index contributed by atoms with van der Waals surface area (Å²) >= 11 is 0. The number of ether oxygens (including phenoxy) is 1. The van der Waals surface area contributed by atoms with Gasteiger partial charge in [0.25, 0.3) is 0 Å². The largest absolute Gasteiger partial charge is 0.494 e. The van der Waals surface area contributed by atoms with Crippen molar-refractivity contribution in [2.75, 3.05) is 33.8 Å². The molecule has 0 aliphatic rings. The van der Waals surface area contributed by atoms with Crippen LogP contribution in [0.25, 0.3) is 0 Å². The van der Waals surface area contributed by atoms with Gasteiger partial charge in [0.1, 0.15) is 5.75 Å². The molecule has 0 bridgehead atoms. The Labute approximate surface area is 170 Å². The SMILES string of the molecule is CCNC(=NCc1ccc(C)cc1OCC)NCC(C)(C)N(C)C.I. The predicted molar refractivity (Wildman–Crippen MR) is 118 cm³/mol. The minimum Gasteiger partial charge on any atom is -0.494 e. The van der Waals surface area contributed by atoms with E-state index >= 15 is 0 Å². The summed E-state index contributed by atoms with van der Waals surface area (Å²) in [6, 6.07) is 6.27. The van der Waals surface area contributed by atoms with Crippen LogP contribution in [-0.4, -0.2) is 50.2 Å². The predicted octanol–water partition coefficient (Wildman–Crippen LogP) is 3.41. The molecule has 1 rings (SSSR count). The van der Waals surface area contributed by atoms with Crippen molar-refractivity contribution in [3.63, 3.8) is 0 Å². The van der Waals surface area contributed by atoms with Crippen LogP contribution >= 0.6 is 24.0 Å². The number of benzene rings is 1. The fourth-order valence-electron chi connectivity index (χ4n) is 2.05. The van der Waals surface area contributed by atoms with Crippen LogP contribution in [0.5, 0.6) is 5.75 Å². The number of nitrogens with one attached hydrogen (secondary N) is 2. The lowest BCUT2D eigenvalue weighted by Crippen LogP contribution is -2.50. The van der Waals surface area contributed by atoms with E-state index in [2.05, 4.69) is 75.5 Å². The van der Waals surface area contributed by atoms with E-state index in [4.69, 9.17) is 9.73 Å². The van der Waals surface area contributed by atoms with Crippen LogP contribution in [0, 0.1) is 6.92 Å². The molecule has 0 atom stereocenters. The van der Waals surface area contributed by atoms with Crippen molar-refractivity contribution in [3.05, 3.63) is 29.3 Å². The molecular formula is C19H35IN4O. The third-order valence-corrected chi connectivity index (χ3v) is 4.17. The van der Waals surface area contributed by atoms with Gasteiger partial charge in [0, 0.05) is 24.2 Å². The summed E-state index contributed by atoms with van der Waals surface area (Å²) in [5.74, 6) is 1.75. The Bertz CT molecular complexity index is 544. The molecule has 1 aromatic carbocycles. The molecule has 25 heavy (non-hydrogen) atoms. The zero-order valence-corrected chi connectivity index (χ0v) is 19.1. The fraction of sp³-hybridized carbons (Fsp3) is 0.632. The molecule has 0 saturated carbocycles. The monoisotopic (exact) mass is 462 g/mol. The Hall–Kier alpha value is -1.02. The third-order valence-electron chi connectivity index (χ3n) is 4.17. The molecule has 0 radical (unpaired) electrons. The summed E-state index contributed by atoms with van der Waals surface area (Å²) in [6.45, 7) is 13.5. The number of guanidine groups is 1. The molecule has 0 fully saturated rings. The molecule has 0 saturated heterocycles. The number of nitrogens with zero attached hydrogens (tertiary/aromatic N) is 2. The zero-order chi connectivity index (χ0) is 18.2. The maximum absolute atomic E-state index is 5.74. The van der Waals surface area contributed by atoms with Gasteiger partial charge in [0.2, 0.25) is 0 Å². The molecule has 0 aliphatic heterocycles. The Morgan fingerprint density at radius 2 is 1.88 bits per heavy atom. The minimum atomic E-state index is 0. The van der Waals surface area contributed by atoms with E-state index in [0.29, 0.717) is 13.2 Å². The number of likely N-dealkylation sites (N-methyl/N-ethyl adjacent to an activating group) is 1. The maximum Gasteiger partial charge on any atom is 0.191 e. The molecule has 1 aromatic rings. The fourth-order valence-corrected chi connectivity index (χ4v) is 2.05. The third kappa shape index (κ3) is 8.27. The molecule has 5 nitrogen and oxygen atoms in total. The first-order valence-corrected chi connectivity index (χ1v) is 8.72. The first-order valence-electron chi connectivity index (χ1n) is 8.72. The van der Waals surface area contributed by atoms with Crippen molar-refractivity contribution < 1.29 is 4.74 Å². The molecule has 0 aliphatic carbocycles. The Kier molecular flexibility index (Phi) is 11.1. The van der Waals surface area contributed by atoms with Crippen LogP contribution in [0.2, 0.25) is 0 Å². The Morgan fingerprint density at radius 1 is 1.20 bits per heavy atom. The van der Waals surface area contributed by atoms with Crippen molar-refractivity contribution in [2.45, 2.75) is 46.7 Å². The molecular weight excluding hydrogens is 427 g/mol. The van der Waals surface area contributed by atoms with Crippen LogP contribution < -0.4 is 15.4 Å². The maximum atomic E-state index is 5.74. The molecule has 0 aromatic heterocycles. The lowest BCUT2D eigenvalue weighted by Gasteiger charge is -2.33. The summed E-state index contributed by atoms with van der Waals surface area (Å²) in [7, 11) is 4.18. The van der Waals surface area contributed by atoms with Crippen molar-refractivity contribution in [1.29, 1.82) is 0 Å². The van der Waals surface area contributed by atoms with E-state index in [1.807, 2.05) is 6.92 Å². The molecule has 6 heteroatoms.